The van der Waals surface area contributed by atoms with E-state index in [0.29, 0.717) is 5.92 Å². The van der Waals surface area contributed by atoms with Crippen molar-refractivity contribution in [2.24, 2.45) is 0 Å². The van der Waals surface area contributed by atoms with Crippen LogP contribution in [0.2, 0.25) is 0 Å². The summed E-state index contributed by atoms with van der Waals surface area (Å²) in [5.74, 6) is 2.39. The highest BCUT2D eigenvalue weighted by Gasteiger charge is 2.23. The van der Waals surface area contributed by atoms with Gasteiger partial charge in [0.1, 0.15) is 12.4 Å². The van der Waals surface area contributed by atoms with E-state index in [1.165, 1.54) is 10.5 Å². The maximum absolute atomic E-state index is 9.19. The van der Waals surface area contributed by atoms with Gasteiger partial charge in [0.15, 0.2) is 0 Å². The van der Waals surface area contributed by atoms with Gasteiger partial charge in [-0.2, -0.15) is 0 Å². The minimum atomic E-state index is 0.00844. The highest BCUT2D eigenvalue weighted by molar-refractivity contribution is 7.99. The number of nitrogens with zero attached hydrogens (tertiary/aromatic N) is 2. The SMILES string of the molecule is OCc1nccn1CC1CSc2ccccc21. The molecule has 0 saturated carbocycles. The van der Waals surface area contributed by atoms with E-state index < -0.39 is 0 Å². The number of benzene rings is 1. The third kappa shape index (κ3) is 1.98. The Balaban J connectivity index is 1.84. The number of aromatic nitrogens is 2. The number of thioether (sulfide) groups is 1. The van der Waals surface area contributed by atoms with Crippen LogP contribution in [0.5, 0.6) is 0 Å². The van der Waals surface area contributed by atoms with Crippen LogP contribution in [-0.4, -0.2) is 20.4 Å². The first kappa shape index (κ1) is 10.9. The fourth-order valence-corrected chi connectivity index (χ4v) is 3.52. The van der Waals surface area contributed by atoms with Crippen molar-refractivity contribution in [3.8, 4) is 0 Å². The molecule has 0 bridgehead atoms. The van der Waals surface area contributed by atoms with Gasteiger partial charge >= 0.3 is 0 Å². The Morgan fingerprint density at radius 1 is 1.41 bits per heavy atom. The zero-order valence-corrected chi connectivity index (χ0v) is 10.2. The second-order valence-electron chi connectivity index (χ2n) is 4.20. The first-order valence-corrected chi connectivity index (χ1v) is 6.69. The number of imidazole rings is 1. The minimum Gasteiger partial charge on any atom is -0.388 e. The normalized spacial score (nSPS) is 18.3. The van der Waals surface area contributed by atoms with Crippen LogP contribution in [-0.2, 0) is 13.2 Å². The third-order valence-corrected chi connectivity index (χ3v) is 4.41. The Labute approximate surface area is 104 Å². The van der Waals surface area contributed by atoms with Crippen LogP contribution >= 0.6 is 11.8 Å². The molecule has 1 atom stereocenters. The molecule has 0 saturated heterocycles. The lowest BCUT2D eigenvalue weighted by atomic mass is 10.0. The van der Waals surface area contributed by atoms with E-state index in [1.54, 1.807) is 6.20 Å². The van der Waals surface area contributed by atoms with Gasteiger partial charge in [-0.1, -0.05) is 18.2 Å². The van der Waals surface area contributed by atoms with Crippen molar-refractivity contribution < 1.29 is 5.11 Å². The molecule has 2 aromatic rings. The van der Waals surface area contributed by atoms with E-state index in [4.69, 9.17) is 0 Å². The minimum absolute atomic E-state index is 0.00844. The van der Waals surface area contributed by atoms with Crippen LogP contribution in [0.1, 0.15) is 17.3 Å². The number of aliphatic hydroxyl groups is 1. The summed E-state index contributed by atoms with van der Waals surface area (Å²) in [7, 11) is 0. The average Bonchev–Trinajstić information content (AvgIpc) is 2.97. The van der Waals surface area contributed by atoms with Gasteiger partial charge in [0.25, 0.3) is 0 Å². The van der Waals surface area contributed by atoms with Crippen molar-refractivity contribution in [1.82, 2.24) is 9.55 Å². The summed E-state index contributed by atoms with van der Waals surface area (Å²) in [4.78, 5) is 5.53. The Hall–Kier alpha value is -1.26. The first-order valence-electron chi connectivity index (χ1n) is 5.71. The van der Waals surface area contributed by atoms with Crippen molar-refractivity contribution in [1.29, 1.82) is 0 Å². The van der Waals surface area contributed by atoms with E-state index in [-0.39, 0.29) is 6.61 Å². The molecule has 17 heavy (non-hydrogen) atoms. The highest BCUT2D eigenvalue weighted by atomic mass is 32.2. The van der Waals surface area contributed by atoms with Gasteiger partial charge in [-0.05, 0) is 11.6 Å². The molecule has 0 amide bonds. The number of rotatable bonds is 3. The van der Waals surface area contributed by atoms with Crippen LogP contribution in [0.4, 0.5) is 0 Å². The topological polar surface area (TPSA) is 38.1 Å². The third-order valence-electron chi connectivity index (χ3n) is 3.16. The summed E-state index contributed by atoms with van der Waals surface area (Å²) >= 11 is 1.92. The summed E-state index contributed by atoms with van der Waals surface area (Å²) < 4.78 is 2.05. The van der Waals surface area contributed by atoms with Crippen LogP contribution in [0.3, 0.4) is 0 Å². The Bertz CT molecular complexity index is 524. The van der Waals surface area contributed by atoms with Crippen LogP contribution in [0, 0.1) is 0 Å². The molecular weight excluding hydrogens is 232 g/mol. The molecular formula is C13H14N2OS. The van der Waals surface area contributed by atoms with Gasteiger partial charge in [0, 0.05) is 35.5 Å². The van der Waals surface area contributed by atoms with Crippen molar-refractivity contribution >= 4 is 11.8 Å². The molecule has 1 aliphatic rings. The molecule has 0 radical (unpaired) electrons. The van der Waals surface area contributed by atoms with E-state index in [2.05, 4.69) is 29.2 Å². The second kappa shape index (κ2) is 4.55. The van der Waals surface area contributed by atoms with Gasteiger partial charge in [0.05, 0.1) is 0 Å². The maximum atomic E-state index is 9.19. The van der Waals surface area contributed by atoms with E-state index >= 15 is 0 Å². The summed E-state index contributed by atoms with van der Waals surface area (Å²) in [5, 5.41) is 9.19. The second-order valence-corrected chi connectivity index (χ2v) is 5.26. The number of hydrogen-bond donors (Lipinski definition) is 1. The van der Waals surface area contributed by atoms with Gasteiger partial charge in [-0.25, -0.2) is 4.98 Å². The Morgan fingerprint density at radius 3 is 3.18 bits per heavy atom. The van der Waals surface area contributed by atoms with E-state index in [1.807, 2.05) is 22.5 Å². The predicted molar refractivity (Wildman–Crippen MR) is 68.1 cm³/mol. The van der Waals surface area contributed by atoms with Gasteiger partial charge in [-0.3, -0.25) is 0 Å². The average molecular weight is 246 g/mol. The summed E-state index contributed by atoms with van der Waals surface area (Å²) in [6.45, 7) is 0.911. The number of aliphatic hydroxyl groups excluding tert-OH is 1. The van der Waals surface area contributed by atoms with Crippen LogP contribution in [0.15, 0.2) is 41.6 Å². The molecule has 1 aliphatic heterocycles. The predicted octanol–water partition coefficient (Wildman–Crippen LogP) is 2.26. The largest absolute Gasteiger partial charge is 0.388 e. The van der Waals surface area contributed by atoms with Crippen LogP contribution < -0.4 is 0 Å². The molecule has 88 valence electrons. The van der Waals surface area contributed by atoms with Gasteiger partial charge in [-0.15, -0.1) is 11.8 Å². The van der Waals surface area contributed by atoms with Crippen molar-refractivity contribution in [3.05, 3.63) is 48.0 Å². The van der Waals surface area contributed by atoms with E-state index in [0.717, 1.165) is 18.1 Å². The molecule has 1 unspecified atom stereocenters. The molecule has 4 heteroatoms. The van der Waals surface area contributed by atoms with E-state index in [9.17, 15) is 5.11 Å². The lowest BCUT2D eigenvalue weighted by Gasteiger charge is -2.13. The lowest BCUT2D eigenvalue weighted by Crippen LogP contribution is -2.11. The fourth-order valence-electron chi connectivity index (χ4n) is 2.28. The molecule has 0 fully saturated rings. The molecule has 3 rings (SSSR count). The zero-order chi connectivity index (χ0) is 11.7. The molecule has 2 heterocycles. The molecule has 1 aromatic carbocycles. The fraction of sp³-hybridized carbons (Fsp3) is 0.308. The van der Waals surface area contributed by atoms with Crippen LogP contribution in [0.25, 0.3) is 0 Å². The summed E-state index contributed by atoms with van der Waals surface area (Å²) in [5.41, 5.74) is 1.43. The smallest absolute Gasteiger partial charge is 0.134 e. The monoisotopic (exact) mass is 246 g/mol. The Morgan fingerprint density at radius 2 is 2.29 bits per heavy atom. The van der Waals surface area contributed by atoms with Gasteiger partial charge in [0.2, 0.25) is 0 Å². The molecule has 0 spiro atoms. The molecule has 3 nitrogen and oxygen atoms in total. The van der Waals surface area contributed by atoms with Crippen molar-refractivity contribution in [2.75, 3.05) is 5.75 Å². The first-order chi connectivity index (χ1) is 8.38. The highest BCUT2D eigenvalue weighted by Crippen LogP contribution is 2.40. The van der Waals surface area contributed by atoms with Crippen molar-refractivity contribution in [3.63, 3.8) is 0 Å². The Kier molecular flexibility index (Phi) is 2.91. The summed E-state index contributed by atoms with van der Waals surface area (Å²) in [6.07, 6.45) is 3.69. The van der Waals surface area contributed by atoms with Crippen molar-refractivity contribution in [2.45, 2.75) is 24.0 Å². The quantitative estimate of drug-likeness (QED) is 0.902. The maximum Gasteiger partial charge on any atom is 0.134 e. The summed E-state index contributed by atoms with van der Waals surface area (Å²) in [6, 6.07) is 8.57. The zero-order valence-electron chi connectivity index (χ0n) is 9.41. The van der Waals surface area contributed by atoms with Gasteiger partial charge < -0.3 is 9.67 Å². The molecule has 0 aliphatic carbocycles. The lowest BCUT2D eigenvalue weighted by molar-refractivity contribution is 0.264. The molecule has 1 aromatic heterocycles. The molecule has 1 N–H and O–H groups in total. The number of hydrogen-bond acceptors (Lipinski definition) is 3. The number of fused-ring (bicyclic) bond motifs is 1. The standard InChI is InChI=1S/C13H14N2OS/c16-8-13-14-5-6-15(13)7-10-9-17-12-4-2-1-3-11(10)12/h1-6,10,16H,7-9H2.